The molecule has 0 saturated carbocycles. The number of nitrogens with zero attached hydrogens (tertiary/aromatic N) is 1. The Balaban J connectivity index is 1.93. The van der Waals surface area contributed by atoms with E-state index in [-0.39, 0.29) is 34.7 Å². The van der Waals surface area contributed by atoms with Gasteiger partial charge >= 0.3 is 28.2 Å². The molecule has 1 aliphatic rings. The van der Waals surface area contributed by atoms with Gasteiger partial charge in [-0.25, -0.2) is 8.78 Å². The van der Waals surface area contributed by atoms with Crippen molar-refractivity contribution in [2.45, 2.75) is 18.1 Å². The summed E-state index contributed by atoms with van der Waals surface area (Å²) in [4.78, 5) is 13.5. The van der Waals surface area contributed by atoms with Gasteiger partial charge in [-0.05, 0) is 18.2 Å². The van der Waals surface area contributed by atoms with E-state index in [1.54, 1.807) is 0 Å². The Morgan fingerprint density at radius 1 is 1.41 bits per heavy atom. The number of thiophene rings is 1. The topological polar surface area (TPSA) is 78.6 Å². The van der Waals surface area contributed by atoms with E-state index in [4.69, 9.17) is 8.80 Å². The number of halogens is 6. The van der Waals surface area contributed by atoms with Crippen molar-refractivity contribution in [1.82, 2.24) is 4.90 Å². The van der Waals surface area contributed by atoms with Crippen LogP contribution < -0.4 is 31.2 Å². The molecule has 1 fully saturated rings. The molecule has 2 N–H and O–H groups in total. The fraction of sp³-hybridized carbons (Fsp3) is 0.400. The number of rotatable bonds is 5. The minimum atomic E-state index is -4.68. The van der Waals surface area contributed by atoms with Gasteiger partial charge in [0.2, 0.25) is 0 Å². The molecule has 0 bridgehead atoms. The predicted octanol–water partition coefficient (Wildman–Crippen LogP) is -0.693. The summed E-state index contributed by atoms with van der Waals surface area (Å²) in [6, 6.07) is 2.51. The van der Waals surface area contributed by atoms with E-state index < -0.39 is 57.2 Å². The normalized spacial score (nSPS) is 16.8. The Bertz CT molecular complexity index is 867. The Labute approximate surface area is 165 Å². The van der Waals surface area contributed by atoms with Gasteiger partial charge in [0, 0.05) is 28.7 Å². The van der Waals surface area contributed by atoms with E-state index in [1.165, 1.54) is 4.90 Å². The van der Waals surface area contributed by atoms with Crippen LogP contribution in [-0.2, 0) is 9.24 Å². The van der Waals surface area contributed by atoms with Gasteiger partial charge in [0.05, 0.1) is 11.1 Å². The second-order valence-electron chi connectivity index (χ2n) is 6.19. The summed E-state index contributed by atoms with van der Waals surface area (Å²) < 4.78 is 81.2. The zero-order chi connectivity index (χ0) is 20.0. The standard InChI is InChI=1S/C15H12F5IN2O3S/c16-12(17)10-8-3-7(15(18,19)20)1-2-9(8)27-11(10)13(24)23-4-14(22,5-23)6-26-21-25/h1-3,12H,4-6,22H2. The number of benzene rings is 1. The highest BCUT2D eigenvalue weighted by molar-refractivity contribution is 7.21. The summed E-state index contributed by atoms with van der Waals surface area (Å²) in [6.45, 7) is -0.00276. The highest BCUT2D eigenvalue weighted by Gasteiger charge is 2.45. The number of nitrogens with two attached hydrogens (primary N) is 1. The summed E-state index contributed by atoms with van der Waals surface area (Å²) in [5.74, 6) is -0.724. The Morgan fingerprint density at radius 2 is 2.07 bits per heavy atom. The van der Waals surface area contributed by atoms with Crippen LogP contribution in [0.15, 0.2) is 18.2 Å². The Hall–Kier alpha value is -1.09. The summed E-state index contributed by atoms with van der Waals surface area (Å²) in [6.07, 6.45) is -7.79. The van der Waals surface area contributed by atoms with E-state index in [9.17, 15) is 30.2 Å². The molecule has 0 unspecified atom stereocenters. The number of hydrogen-bond acceptors (Lipinski definition) is 5. The summed E-state index contributed by atoms with van der Waals surface area (Å²) >= 11 is -0.950. The smallest absolute Gasteiger partial charge is 0.452 e. The summed E-state index contributed by atoms with van der Waals surface area (Å²) in [5.41, 5.74) is 3.25. The third-order valence-electron chi connectivity index (χ3n) is 4.15. The van der Waals surface area contributed by atoms with E-state index in [2.05, 4.69) is 0 Å². The highest BCUT2D eigenvalue weighted by Crippen LogP contribution is 2.41. The van der Waals surface area contributed by atoms with Crippen molar-refractivity contribution in [1.29, 1.82) is 0 Å². The molecule has 0 radical (unpaired) electrons. The molecule has 1 aliphatic heterocycles. The average Bonchev–Trinajstić information content (AvgIpc) is 2.94. The molecule has 27 heavy (non-hydrogen) atoms. The maximum absolute atomic E-state index is 13.6. The number of carbonyl (C=O) groups is 1. The minimum Gasteiger partial charge on any atom is -0.567 e. The van der Waals surface area contributed by atoms with Crippen molar-refractivity contribution in [3.05, 3.63) is 34.2 Å². The van der Waals surface area contributed by atoms with Crippen molar-refractivity contribution in [3.63, 3.8) is 0 Å². The average molecular weight is 522 g/mol. The molecule has 5 nitrogen and oxygen atoms in total. The molecule has 148 valence electrons. The van der Waals surface area contributed by atoms with Crippen LogP contribution in [0.1, 0.15) is 27.2 Å². The number of alkyl halides is 5. The van der Waals surface area contributed by atoms with Crippen molar-refractivity contribution >= 4 is 27.3 Å². The lowest BCUT2D eigenvalue weighted by Gasteiger charge is -2.46. The number of amides is 1. The van der Waals surface area contributed by atoms with Crippen molar-refractivity contribution in [2.75, 3.05) is 19.7 Å². The molecule has 2 aromatic rings. The van der Waals surface area contributed by atoms with Crippen LogP contribution in [0.2, 0.25) is 0 Å². The van der Waals surface area contributed by atoms with Crippen LogP contribution in [-0.4, -0.2) is 36.0 Å². The van der Waals surface area contributed by atoms with Crippen LogP contribution >= 0.6 is 11.3 Å². The van der Waals surface area contributed by atoms with Crippen LogP contribution in [0.4, 0.5) is 22.0 Å². The van der Waals surface area contributed by atoms with Crippen molar-refractivity contribution in [2.24, 2.45) is 5.73 Å². The SMILES string of the molecule is NC1(CO[I+][O-])CN(C(=O)c2sc3ccc(C(F)(F)F)cc3c2C(F)F)C1. The van der Waals surface area contributed by atoms with Crippen molar-refractivity contribution in [3.8, 4) is 0 Å². The Morgan fingerprint density at radius 3 is 2.63 bits per heavy atom. The molecule has 0 spiro atoms. The monoisotopic (exact) mass is 522 g/mol. The molecular weight excluding hydrogens is 510 g/mol. The zero-order valence-corrected chi connectivity index (χ0v) is 16.3. The molecule has 1 aromatic heterocycles. The van der Waals surface area contributed by atoms with Crippen LogP contribution in [0.25, 0.3) is 10.1 Å². The van der Waals surface area contributed by atoms with E-state index >= 15 is 0 Å². The predicted molar refractivity (Wildman–Crippen MR) is 80.6 cm³/mol. The third kappa shape index (κ3) is 4.04. The maximum Gasteiger partial charge on any atom is 0.452 e. The van der Waals surface area contributed by atoms with E-state index in [0.29, 0.717) is 6.07 Å². The zero-order valence-electron chi connectivity index (χ0n) is 13.4. The first-order valence-electron chi connectivity index (χ1n) is 7.45. The first-order chi connectivity index (χ1) is 12.6. The second kappa shape index (κ2) is 7.39. The lowest BCUT2D eigenvalue weighted by atomic mass is 9.92. The molecule has 0 atom stereocenters. The minimum absolute atomic E-state index is 0.0142. The first kappa shape index (κ1) is 20.6. The molecule has 3 rings (SSSR count). The number of likely N-dealkylation sites (tertiary alicyclic amines) is 1. The summed E-state index contributed by atoms with van der Waals surface area (Å²) in [5, 5.41) is -0.285. The third-order valence-corrected chi connectivity index (χ3v) is 5.89. The number of carbonyl (C=O) groups excluding carboxylic acids is 1. The molecule has 1 aromatic carbocycles. The molecule has 12 heteroatoms. The number of fused-ring (bicyclic) bond motifs is 1. The van der Waals surface area contributed by atoms with Crippen LogP contribution in [0, 0.1) is 0 Å². The first-order valence-corrected chi connectivity index (χ1v) is 10.0. The fourth-order valence-electron chi connectivity index (χ4n) is 2.89. The largest absolute Gasteiger partial charge is 0.567 e. The van der Waals surface area contributed by atoms with Gasteiger partial charge in [0.15, 0.2) is 0 Å². The van der Waals surface area contributed by atoms with Gasteiger partial charge in [-0.2, -0.15) is 13.2 Å². The van der Waals surface area contributed by atoms with E-state index in [1.807, 2.05) is 0 Å². The van der Waals surface area contributed by atoms with Gasteiger partial charge in [-0.1, -0.05) is 0 Å². The fourth-order valence-corrected chi connectivity index (χ4v) is 4.80. The molecule has 0 aliphatic carbocycles. The van der Waals surface area contributed by atoms with Crippen molar-refractivity contribution < 1.29 is 55.3 Å². The maximum atomic E-state index is 13.6. The van der Waals surface area contributed by atoms with Gasteiger partial charge in [-0.15, -0.1) is 14.4 Å². The lowest BCUT2D eigenvalue weighted by molar-refractivity contribution is -1.27. The number of hydrogen-bond donors (Lipinski definition) is 1. The van der Waals surface area contributed by atoms with Gasteiger partial charge in [0.1, 0.15) is 11.5 Å². The second-order valence-corrected chi connectivity index (χ2v) is 8.23. The Kier molecular flexibility index (Phi) is 5.65. The molecular formula is C15H12F5IN2O3S. The van der Waals surface area contributed by atoms with Gasteiger partial charge in [-0.3, -0.25) is 4.79 Å². The molecule has 1 amide bonds. The van der Waals surface area contributed by atoms with E-state index in [0.717, 1.165) is 23.5 Å². The summed E-state index contributed by atoms with van der Waals surface area (Å²) in [7, 11) is 0. The molecule has 1 saturated heterocycles. The van der Waals surface area contributed by atoms with Crippen LogP contribution in [0.3, 0.4) is 0 Å². The highest BCUT2D eigenvalue weighted by atomic mass is 127. The van der Waals surface area contributed by atoms with Gasteiger partial charge < -0.3 is 14.1 Å². The molecule has 2 heterocycles. The quantitative estimate of drug-likeness (QED) is 0.417. The van der Waals surface area contributed by atoms with Gasteiger partial charge in [0.25, 0.3) is 12.3 Å². The van der Waals surface area contributed by atoms with Crippen LogP contribution in [0.5, 0.6) is 0 Å². The lowest BCUT2D eigenvalue weighted by Crippen LogP contribution is -3.70.